The summed E-state index contributed by atoms with van der Waals surface area (Å²) >= 11 is 1.30. The molecule has 0 saturated carbocycles. The number of nitrogens with zero attached hydrogens (tertiary/aromatic N) is 2. The Kier molecular flexibility index (Phi) is 3.49. The molecule has 2 aromatic rings. The van der Waals surface area contributed by atoms with Gasteiger partial charge in [0.15, 0.2) is 11.5 Å². The molecule has 2 heterocycles. The van der Waals surface area contributed by atoms with Crippen molar-refractivity contribution in [3.63, 3.8) is 0 Å². The van der Waals surface area contributed by atoms with Gasteiger partial charge in [-0.2, -0.15) is 0 Å². The van der Waals surface area contributed by atoms with Gasteiger partial charge in [0.05, 0.1) is 39.0 Å². The number of hydrogen-bond acceptors (Lipinski definition) is 6. The van der Waals surface area contributed by atoms with Gasteiger partial charge in [-0.3, -0.25) is 4.21 Å². The largest absolute Gasteiger partial charge is 0.493 e. The van der Waals surface area contributed by atoms with Crippen LogP contribution in [0.2, 0.25) is 0 Å². The van der Waals surface area contributed by atoms with E-state index in [9.17, 15) is 4.21 Å². The molecule has 0 bridgehead atoms. The SMILES string of the molecule is CCOc1cc2c(cc1OC)S(=O)C(C)(C)c1snnc1-2. The first kappa shape index (κ1) is 14.5. The molecular weight excluding hydrogens is 308 g/mol. The van der Waals surface area contributed by atoms with Crippen LogP contribution in [-0.4, -0.2) is 27.5 Å². The molecule has 21 heavy (non-hydrogen) atoms. The normalized spacial score (nSPS) is 18.8. The third-order valence-electron chi connectivity index (χ3n) is 3.52. The highest BCUT2D eigenvalue weighted by atomic mass is 32.2. The molecule has 3 rings (SSSR count). The minimum absolute atomic E-state index is 0.505. The van der Waals surface area contributed by atoms with Crippen molar-refractivity contribution < 1.29 is 13.7 Å². The number of fused-ring (bicyclic) bond motifs is 3. The predicted molar refractivity (Wildman–Crippen MR) is 82.5 cm³/mol. The van der Waals surface area contributed by atoms with E-state index >= 15 is 0 Å². The van der Waals surface area contributed by atoms with Crippen LogP contribution in [0.15, 0.2) is 17.0 Å². The molecule has 0 aliphatic carbocycles. The average molecular weight is 324 g/mol. The Balaban J connectivity index is 2.28. The van der Waals surface area contributed by atoms with E-state index in [0.29, 0.717) is 18.1 Å². The summed E-state index contributed by atoms with van der Waals surface area (Å²) in [5.41, 5.74) is 1.61. The van der Waals surface area contributed by atoms with Crippen LogP contribution in [0.1, 0.15) is 25.6 Å². The van der Waals surface area contributed by atoms with Gasteiger partial charge in [0.2, 0.25) is 0 Å². The van der Waals surface area contributed by atoms with Crippen molar-refractivity contribution in [3.05, 3.63) is 17.0 Å². The standard InChI is InChI=1S/C14H16N2O3S2/c1-5-19-10-6-8-11(7-9(10)18-4)21(17)14(2,3)13-12(8)15-16-20-13/h6-7H,5H2,1-4H3. The third kappa shape index (κ3) is 2.06. The van der Waals surface area contributed by atoms with E-state index in [1.165, 1.54) is 11.5 Å². The van der Waals surface area contributed by atoms with E-state index in [4.69, 9.17) is 9.47 Å². The van der Waals surface area contributed by atoms with Gasteiger partial charge in [-0.1, -0.05) is 4.49 Å². The van der Waals surface area contributed by atoms with Gasteiger partial charge >= 0.3 is 0 Å². The number of rotatable bonds is 3. The van der Waals surface area contributed by atoms with E-state index < -0.39 is 15.5 Å². The van der Waals surface area contributed by atoms with Crippen molar-refractivity contribution in [3.8, 4) is 22.8 Å². The fourth-order valence-electron chi connectivity index (χ4n) is 2.43. The summed E-state index contributed by atoms with van der Waals surface area (Å²) in [6.45, 7) is 6.35. The highest BCUT2D eigenvalue weighted by Crippen LogP contribution is 2.49. The summed E-state index contributed by atoms with van der Waals surface area (Å²) in [7, 11) is 0.386. The number of hydrogen-bond donors (Lipinski definition) is 0. The molecule has 1 aliphatic rings. The first-order valence-electron chi connectivity index (χ1n) is 6.60. The predicted octanol–water partition coefficient (Wildman–Crippen LogP) is 2.97. The molecule has 0 spiro atoms. The second kappa shape index (κ2) is 5.06. The van der Waals surface area contributed by atoms with Crippen LogP contribution >= 0.6 is 11.5 Å². The maximum Gasteiger partial charge on any atom is 0.161 e. The number of ether oxygens (including phenoxy) is 2. The second-order valence-corrected chi connectivity index (χ2v) is 7.91. The summed E-state index contributed by atoms with van der Waals surface area (Å²) < 4.78 is 27.4. The van der Waals surface area contributed by atoms with Crippen LogP contribution in [0.25, 0.3) is 11.3 Å². The molecule has 1 atom stereocenters. The monoisotopic (exact) mass is 324 g/mol. The molecule has 0 amide bonds. The molecule has 1 aromatic heterocycles. The van der Waals surface area contributed by atoms with Crippen LogP contribution < -0.4 is 9.47 Å². The lowest BCUT2D eigenvalue weighted by molar-refractivity contribution is 0.310. The molecule has 0 radical (unpaired) electrons. The molecule has 1 unspecified atom stereocenters. The van der Waals surface area contributed by atoms with Crippen molar-refractivity contribution >= 4 is 22.3 Å². The molecule has 0 saturated heterocycles. The zero-order valence-electron chi connectivity index (χ0n) is 12.3. The van der Waals surface area contributed by atoms with Crippen LogP contribution in [0.5, 0.6) is 11.5 Å². The minimum Gasteiger partial charge on any atom is -0.493 e. The molecule has 0 fully saturated rings. The van der Waals surface area contributed by atoms with Crippen molar-refractivity contribution in [2.24, 2.45) is 0 Å². The molecule has 5 nitrogen and oxygen atoms in total. The van der Waals surface area contributed by atoms with E-state index in [1.54, 1.807) is 13.2 Å². The first-order chi connectivity index (χ1) is 10.0. The highest BCUT2D eigenvalue weighted by molar-refractivity contribution is 7.86. The average Bonchev–Trinajstić information content (AvgIpc) is 2.95. The first-order valence-corrected chi connectivity index (χ1v) is 8.53. The Morgan fingerprint density at radius 3 is 2.76 bits per heavy atom. The van der Waals surface area contributed by atoms with Gasteiger partial charge in [-0.05, 0) is 38.4 Å². The van der Waals surface area contributed by atoms with Gasteiger partial charge in [-0.25, -0.2) is 0 Å². The Bertz CT molecular complexity index is 725. The number of aromatic nitrogens is 2. The summed E-state index contributed by atoms with van der Waals surface area (Å²) in [5, 5.41) is 4.22. The Labute approximate surface area is 129 Å². The van der Waals surface area contributed by atoms with Gasteiger partial charge < -0.3 is 9.47 Å². The summed E-state index contributed by atoms with van der Waals surface area (Å²) in [6, 6.07) is 3.64. The molecule has 7 heteroatoms. The maximum atomic E-state index is 12.9. The fourth-order valence-corrected chi connectivity index (χ4v) is 4.81. The molecular formula is C14H16N2O3S2. The van der Waals surface area contributed by atoms with E-state index in [2.05, 4.69) is 9.59 Å². The Morgan fingerprint density at radius 2 is 2.10 bits per heavy atom. The minimum atomic E-state index is -1.19. The molecule has 1 aromatic carbocycles. The zero-order valence-corrected chi connectivity index (χ0v) is 13.9. The van der Waals surface area contributed by atoms with Crippen LogP contribution in [0.3, 0.4) is 0 Å². The van der Waals surface area contributed by atoms with Crippen molar-refractivity contribution in [1.82, 2.24) is 9.59 Å². The van der Waals surface area contributed by atoms with Crippen LogP contribution in [-0.2, 0) is 15.5 Å². The van der Waals surface area contributed by atoms with E-state index in [1.807, 2.05) is 26.8 Å². The summed E-state index contributed by atoms with van der Waals surface area (Å²) in [5.74, 6) is 1.22. The van der Waals surface area contributed by atoms with Crippen LogP contribution in [0.4, 0.5) is 0 Å². The molecule has 0 N–H and O–H groups in total. The van der Waals surface area contributed by atoms with Crippen molar-refractivity contribution in [2.75, 3.05) is 13.7 Å². The maximum absolute atomic E-state index is 12.9. The molecule has 112 valence electrons. The van der Waals surface area contributed by atoms with Gasteiger partial charge in [0.25, 0.3) is 0 Å². The lowest BCUT2D eigenvalue weighted by Gasteiger charge is -2.29. The fraction of sp³-hybridized carbons (Fsp3) is 0.429. The second-order valence-electron chi connectivity index (χ2n) is 5.16. The number of methoxy groups -OCH3 is 1. The quantitative estimate of drug-likeness (QED) is 0.868. The lowest BCUT2D eigenvalue weighted by atomic mass is 10.0. The number of benzene rings is 1. The summed E-state index contributed by atoms with van der Waals surface area (Å²) in [6.07, 6.45) is 0. The summed E-state index contributed by atoms with van der Waals surface area (Å²) in [4.78, 5) is 1.67. The highest BCUT2D eigenvalue weighted by Gasteiger charge is 2.41. The topological polar surface area (TPSA) is 61.3 Å². The van der Waals surface area contributed by atoms with Crippen LogP contribution in [0, 0.1) is 0 Å². The third-order valence-corrected chi connectivity index (χ3v) is 6.57. The van der Waals surface area contributed by atoms with Crippen molar-refractivity contribution in [1.29, 1.82) is 0 Å². The Morgan fingerprint density at radius 1 is 1.33 bits per heavy atom. The van der Waals surface area contributed by atoms with E-state index in [0.717, 1.165) is 21.0 Å². The van der Waals surface area contributed by atoms with Crippen molar-refractivity contribution in [2.45, 2.75) is 30.4 Å². The van der Waals surface area contributed by atoms with Gasteiger partial charge in [0, 0.05) is 11.6 Å². The zero-order chi connectivity index (χ0) is 15.2. The molecule has 1 aliphatic heterocycles. The van der Waals surface area contributed by atoms with Gasteiger partial charge in [-0.15, -0.1) is 5.10 Å². The van der Waals surface area contributed by atoms with E-state index in [-0.39, 0.29) is 0 Å². The smallest absolute Gasteiger partial charge is 0.161 e. The Hall–Kier alpha value is -1.47. The van der Waals surface area contributed by atoms with Gasteiger partial charge in [0.1, 0.15) is 5.69 Å². The lowest BCUT2D eigenvalue weighted by Crippen LogP contribution is -2.27.